The lowest BCUT2D eigenvalue weighted by atomic mass is 10.1. The third-order valence-corrected chi connectivity index (χ3v) is 3.43. The van der Waals surface area contributed by atoms with E-state index < -0.39 is 0 Å². The van der Waals surface area contributed by atoms with Crippen LogP contribution in [-0.2, 0) is 4.79 Å². The van der Waals surface area contributed by atoms with E-state index in [-0.39, 0.29) is 5.91 Å². The van der Waals surface area contributed by atoms with Crippen LogP contribution < -0.4 is 10.6 Å². The molecule has 0 aromatic heterocycles. The summed E-state index contributed by atoms with van der Waals surface area (Å²) < 4.78 is 0. The van der Waals surface area contributed by atoms with E-state index in [0.717, 1.165) is 31.3 Å². The minimum Gasteiger partial charge on any atom is -0.356 e. The number of carbonyl (C=O) groups is 1. The molecule has 14 heavy (non-hydrogen) atoms. The maximum Gasteiger partial charge on any atom is 0.221 e. The highest BCUT2D eigenvalue weighted by Crippen LogP contribution is 2.36. The van der Waals surface area contributed by atoms with Crippen molar-refractivity contribution < 1.29 is 4.79 Å². The molecule has 3 atom stereocenters. The zero-order valence-corrected chi connectivity index (χ0v) is 8.88. The molecule has 80 valence electrons. The summed E-state index contributed by atoms with van der Waals surface area (Å²) in [5.41, 5.74) is 0. The Kier molecular flexibility index (Phi) is 3.06. The van der Waals surface area contributed by atoms with Gasteiger partial charge in [0.2, 0.25) is 5.91 Å². The van der Waals surface area contributed by atoms with Gasteiger partial charge < -0.3 is 10.6 Å². The maximum atomic E-state index is 11.5. The minimum atomic E-state index is 0.225. The van der Waals surface area contributed by atoms with Crippen LogP contribution in [-0.4, -0.2) is 25.0 Å². The molecule has 1 saturated carbocycles. The SMILES string of the molecule is CC1CC1CNC(=O)CC1CCCN1. The molecule has 3 unspecified atom stereocenters. The maximum absolute atomic E-state index is 11.5. The lowest BCUT2D eigenvalue weighted by molar-refractivity contribution is -0.121. The van der Waals surface area contributed by atoms with Gasteiger partial charge in [0.25, 0.3) is 0 Å². The predicted octanol–water partition coefficient (Wildman–Crippen LogP) is 0.901. The molecule has 0 spiro atoms. The molecule has 0 bridgehead atoms. The summed E-state index contributed by atoms with van der Waals surface area (Å²) in [6.07, 6.45) is 4.34. The molecular weight excluding hydrogens is 176 g/mol. The van der Waals surface area contributed by atoms with Crippen LogP contribution in [0.4, 0.5) is 0 Å². The zero-order chi connectivity index (χ0) is 9.97. The average Bonchev–Trinajstić information content (AvgIpc) is 2.65. The van der Waals surface area contributed by atoms with E-state index in [1.54, 1.807) is 0 Å². The van der Waals surface area contributed by atoms with Gasteiger partial charge in [0.15, 0.2) is 0 Å². The number of hydrogen-bond donors (Lipinski definition) is 2. The number of amides is 1. The molecule has 1 saturated heterocycles. The fraction of sp³-hybridized carbons (Fsp3) is 0.909. The summed E-state index contributed by atoms with van der Waals surface area (Å²) in [5, 5.41) is 6.36. The Labute approximate surface area is 85.6 Å². The van der Waals surface area contributed by atoms with Crippen LogP contribution in [0, 0.1) is 11.8 Å². The van der Waals surface area contributed by atoms with E-state index in [2.05, 4.69) is 17.6 Å². The van der Waals surface area contributed by atoms with Crippen LogP contribution in [0.5, 0.6) is 0 Å². The minimum absolute atomic E-state index is 0.225. The molecule has 0 aromatic carbocycles. The van der Waals surface area contributed by atoms with Crippen LogP contribution >= 0.6 is 0 Å². The van der Waals surface area contributed by atoms with Crippen LogP contribution in [0.2, 0.25) is 0 Å². The standard InChI is InChI=1S/C11H20N2O/c1-8-5-9(8)7-13-11(14)6-10-3-2-4-12-10/h8-10,12H,2-7H2,1H3,(H,13,14). The van der Waals surface area contributed by atoms with Crippen molar-refractivity contribution in [1.82, 2.24) is 10.6 Å². The van der Waals surface area contributed by atoms with Gasteiger partial charge in [-0.1, -0.05) is 6.92 Å². The fourth-order valence-corrected chi connectivity index (χ4v) is 2.16. The van der Waals surface area contributed by atoms with Crippen molar-refractivity contribution in [3.63, 3.8) is 0 Å². The molecule has 3 nitrogen and oxygen atoms in total. The molecule has 2 fully saturated rings. The Morgan fingerprint density at radius 2 is 2.36 bits per heavy atom. The van der Waals surface area contributed by atoms with Gasteiger partial charge in [-0.15, -0.1) is 0 Å². The van der Waals surface area contributed by atoms with Gasteiger partial charge in [-0.2, -0.15) is 0 Å². The van der Waals surface area contributed by atoms with E-state index >= 15 is 0 Å². The molecule has 2 aliphatic rings. The smallest absolute Gasteiger partial charge is 0.221 e. The first-order valence-corrected chi connectivity index (χ1v) is 5.76. The second kappa shape index (κ2) is 4.30. The van der Waals surface area contributed by atoms with Crippen molar-refractivity contribution in [2.24, 2.45) is 11.8 Å². The second-order valence-corrected chi connectivity index (χ2v) is 4.77. The second-order valence-electron chi connectivity index (χ2n) is 4.77. The third-order valence-electron chi connectivity index (χ3n) is 3.43. The van der Waals surface area contributed by atoms with Gasteiger partial charge >= 0.3 is 0 Å². The van der Waals surface area contributed by atoms with Gasteiger partial charge in [-0.3, -0.25) is 4.79 Å². The monoisotopic (exact) mass is 196 g/mol. The highest BCUT2D eigenvalue weighted by molar-refractivity contribution is 5.76. The largest absolute Gasteiger partial charge is 0.356 e. The number of rotatable bonds is 4. The Morgan fingerprint density at radius 1 is 1.57 bits per heavy atom. The fourth-order valence-electron chi connectivity index (χ4n) is 2.16. The van der Waals surface area contributed by atoms with Crippen LogP contribution in [0.25, 0.3) is 0 Å². The van der Waals surface area contributed by atoms with Crippen LogP contribution in [0.3, 0.4) is 0 Å². The molecule has 1 aliphatic carbocycles. The number of nitrogens with one attached hydrogen (secondary N) is 2. The summed E-state index contributed by atoms with van der Waals surface area (Å²) in [4.78, 5) is 11.5. The van der Waals surface area contributed by atoms with Crippen molar-refractivity contribution >= 4 is 5.91 Å². The normalized spacial score (nSPS) is 35.6. The van der Waals surface area contributed by atoms with Gasteiger partial charge in [-0.25, -0.2) is 0 Å². The first-order valence-electron chi connectivity index (χ1n) is 5.76. The summed E-state index contributed by atoms with van der Waals surface area (Å²) >= 11 is 0. The van der Waals surface area contributed by atoms with E-state index in [4.69, 9.17) is 0 Å². The van der Waals surface area contributed by atoms with Gasteiger partial charge in [0.1, 0.15) is 0 Å². The number of carbonyl (C=O) groups excluding carboxylic acids is 1. The molecule has 0 radical (unpaired) electrons. The highest BCUT2D eigenvalue weighted by Gasteiger charge is 2.32. The lowest BCUT2D eigenvalue weighted by Gasteiger charge is -2.09. The predicted molar refractivity (Wildman–Crippen MR) is 55.9 cm³/mol. The first kappa shape index (κ1) is 9.97. The van der Waals surface area contributed by atoms with Crippen LogP contribution in [0.1, 0.15) is 32.6 Å². The molecule has 1 heterocycles. The lowest BCUT2D eigenvalue weighted by Crippen LogP contribution is -2.32. The molecular formula is C11H20N2O. The van der Waals surface area contributed by atoms with Gasteiger partial charge in [0, 0.05) is 19.0 Å². The van der Waals surface area contributed by atoms with Crippen molar-refractivity contribution in [3.05, 3.63) is 0 Å². The first-order chi connectivity index (χ1) is 6.75. The van der Waals surface area contributed by atoms with E-state index in [0.29, 0.717) is 12.5 Å². The van der Waals surface area contributed by atoms with Crippen molar-refractivity contribution in [2.75, 3.05) is 13.1 Å². The molecule has 3 heteroatoms. The summed E-state index contributed by atoms with van der Waals surface area (Å²) in [6, 6.07) is 0.437. The zero-order valence-electron chi connectivity index (χ0n) is 8.88. The molecule has 1 amide bonds. The molecule has 2 N–H and O–H groups in total. The van der Waals surface area contributed by atoms with E-state index in [9.17, 15) is 4.79 Å². The average molecular weight is 196 g/mol. The Hall–Kier alpha value is -0.570. The van der Waals surface area contributed by atoms with E-state index in [1.807, 2.05) is 0 Å². The van der Waals surface area contributed by atoms with Gasteiger partial charge in [0.05, 0.1) is 0 Å². The van der Waals surface area contributed by atoms with Crippen molar-refractivity contribution in [3.8, 4) is 0 Å². The van der Waals surface area contributed by atoms with Crippen LogP contribution in [0.15, 0.2) is 0 Å². The molecule has 2 rings (SSSR count). The third kappa shape index (κ3) is 2.71. The summed E-state index contributed by atoms with van der Waals surface area (Å²) in [6.45, 7) is 4.22. The quantitative estimate of drug-likeness (QED) is 0.701. The number of hydrogen-bond acceptors (Lipinski definition) is 2. The molecule has 1 aliphatic heterocycles. The van der Waals surface area contributed by atoms with Gasteiger partial charge in [-0.05, 0) is 37.6 Å². The summed E-state index contributed by atoms with van der Waals surface area (Å²) in [5.74, 6) is 1.82. The topological polar surface area (TPSA) is 41.1 Å². The van der Waals surface area contributed by atoms with Crippen molar-refractivity contribution in [1.29, 1.82) is 0 Å². The highest BCUT2D eigenvalue weighted by atomic mass is 16.1. The van der Waals surface area contributed by atoms with E-state index in [1.165, 1.54) is 12.8 Å². The Balaban J connectivity index is 1.58. The van der Waals surface area contributed by atoms with Crippen molar-refractivity contribution in [2.45, 2.75) is 38.6 Å². The Bertz CT molecular complexity index is 211. The Morgan fingerprint density at radius 3 is 2.93 bits per heavy atom. The molecule has 0 aromatic rings. The summed E-state index contributed by atoms with van der Waals surface area (Å²) in [7, 11) is 0.